The van der Waals surface area contributed by atoms with Crippen molar-refractivity contribution in [3.63, 3.8) is 0 Å². The van der Waals surface area contributed by atoms with Crippen LogP contribution in [0.25, 0.3) is 11.0 Å². The van der Waals surface area contributed by atoms with E-state index < -0.39 is 6.10 Å². The number of imidazole rings is 1. The van der Waals surface area contributed by atoms with Gasteiger partial charge in [-0.25, -0.2) is 9.13 Å². The number of benzene rings is 2. The predicted octanol–water partition coefficient (Wildman–Crippen LogP) is 1.59. The summed E-state index contributed by atoms with van der Waals surface area (Å²) in [6.45, 7) is 7.82. The molecule has 0 spiro atoms. The highest BCUT2D eigenvalue weighted by molar-refractivity contribution is 5.73. The number of aliphatic hydroxyl groups excluding tert-OH is 1. The van der Waals surface area contributed by atoms with Gasteiger partial charge < -0.3 is 14.6 Å². The Bertz CT molecular complexity index is 964. The molecule has 0 bridgehead atoms. The fourth-order valence-corrected chi connectivity index (χ4v) is 3.90. The van der Waals surface area contributed by atoms with Crippen LogP contribution >= 0.6 is 0 Å². The Morgan fingerprint density at radius 3 is 2.60 bits per heavy atom. The summed E-state index contributed by atoms with van der Waals surface area (Å²) in [6, 6.07) is 16.0. The summed E-state index contributed by atoms with van der Waals surface area (Å²) < 4.78 is 15.3. The second kappa shape index (κ2) is 9.47. The van der Waals surface area contributed by atoms with Crippen molar-refractivity contribution in [2.75, 3.05) is 45.2 Å². The number of morpholine rings is 1. The zero-order chi connectivity index (χ0) is 20.9. The third kappa shape index (κ3) is 4.75. The zero-order valence-electron chi connectivity index (χ0n) is 17.5. The predicted molar refractivity (Wildman–Crippen MR) is 116 cm³/mol. The second-order valence-electron chi connectivity index (χ2n) is 7.84. The van der Waals surface area contributed by atoms with Crippen molar-refractivity contribution in [3.05, 3.63) is 54.1 Å². The molecule has 0 radical (unpaired) electrons. The van der Waals surface area contributed by atoms with Crippen LogP contribution < -0.4 is 15.0 Å². The van der Waals surface area contributed by atoms with E-state index in [1.54, 1.807) is 0 Å². The number of aryl methyl sites for hydroxylation is 1. The topological polar surface area (TPSA) is 76.8 Å². The minimum atomic E-state index is -0.669. The van der Waals surface area contributed by atoms with Crippen LogP contribution in [0.4, 0.5) is 5.95 Å². The number of fused-ring (bicyclic) bond motifs is 1. The van der Waals surface area contributed by atoms with Crippen LogP contribution in [0.5, 0.6) is 5.75 Å². The molecule has 1 aromatic heterocycles. The second-order valence-corrected chi connectivity index (χ2v) is 7.84. The van der Waals surface area contributed by atoms with Crippen molar-refractivity contribution in [3.8, 4) is 5.75 Å². The highest BCUT2D eigenvalue weighted by Crippen LogP contribution is 2.17. The molecule has 1 fully saturated rings. The number of hydrogen-bond acceptors (Lipinski definition) is 5. The minimum Gasteiger partial charge on any atom is -0.491 e. The summed E-state index contributed by atoms with van der Waals surface area (Å²) in [5.41, 5.74) is 9.81. The maximum atomic E-state index is 10.6. The van der Waals surface area contributed by atoms with Gasteiger partial charge in [-0.05, 0) is 31.2 Å². The molecule has 2 heterocycles. The molecule has 160 valence electrons. The summed E-state index contributed by atoms with van der Waals surface area (Å²) in [5, 5.41) is 10.6. The number of para-hydroxylation sites is 2. The van der Waals surface area contributed by atoms with Crippen LogP contribution in [0.1, 0.15) is 5.56 Å². The number of hydrogen-bond donors (Lipinski definition) is 2. The lowest BCUT2D eigenvalue weighted by atomic mass is 10.2. The van der Waals surface area contributed by atoms with E-state index in [1.807, 2.05) is 54.0 Å². The monoisotopic (exact) mass is 411 g/mol. The molecule has 3 N–H and O–H groups in total. The van der Waals surface area contributed by atoms with Crippen molar-refractivity contribution in [2.45, 2.75) is 26.1 Å². The normalized spacial score (nSPS) is 16.1. The first-order chi connectivity index (χ1) is 14.6. The maximum absolute atomic E-state index is 10.6. The van der Waals surface area contributed by atoms with Crippen molar-refractivity contribution in [2.24, 2.45) is 0 Å². The Morgan fingerprint density at radius 2 is 1.83 bits per heavy atom. The van der Waals surface area contributed by atoms with Gasteiger partial charge in [0.25, 0.3) is 0 Å². The summed E-state index contributed by atoms with van der Waals surface area (Å²) >= 11 is 0. The lowest BCUT2D eigenvalue weighted by Gasteiger charge is -2.26. The Labute approximate surface area is 177 Å². The van der Waals surface area contributed by atoms with Gasteiger partial charge in [-0.15, -0.1) is 0 Å². The Balaban J connectivity index is 1.46. The van der Waals surface area contributed by atoms with Gasteiger partial charge in [-0.2, -0.15) is 0 Å². The van der Waals surface area contributed by atoms with Crippen LogP contribution in [-0.2, 0) is 17.8 Å². The Morgan fingerprint density at radius 1 is 1.10 bits per heavy atom. The number of nitrogen functional groups attached to an aromatic ring is 1. The van der Waals surface area contributed by atoms with E-state index in [2.05, 4.69) is 15.5 Å². The summed E-state index contributed by atoms with van der Waals surface area (Å²) in [6.07, 6.45) is -0.669. The molecule has 30 heavy (non-hydrogen) atoms. The first kappa shape index (κ1) is 20.7. The van der Waals surface area contributed by atoms with Gasteiger partial charge in [-0.1, -0.05) is 29.8 Å². The largest absolute Gasteiger partial charge is 0.491 e. The molecular formula is C23H31N4O3+. The standard InChI is InChI=1S/C23H30N4O3/c1-18-6-8-20(9-7-18)30-17-19(28)16-27-22-5-3-2-4-21(22)26(23(27)24)11-10-25-12-14-29-15-13-25/h2-9,19,24,28H,10-17H2,1H3/p+1/t19-/m0/s1. The molecule has 1 atom stereocenters. The first-order valence-corrected chi connectivity index (χ1v) is 10.6. The third-order valence-electron chi connectivity index (χ3n) is 5.62. The molecule has 3 aromatic rings. The van der Waals surface area contributed by atoms with Crippen LogP contribution in [0.15, 0.2) is 48.5 Å². The van der Waals surface area contributed by atoms with Crippen LogP contribution in [0.3, 0.4) is 0 Å². The van der Waals surface area contributed by atoms with Gasteiger partial charge in [0.15, 0.2) is 0 Å². The lowest BCUT2D eigenvalue weighted by molar-refractivity contribution is -0.665. The van der Waals surface area contributed by atoms with E-state index in [1.165, 1.54) is 5.56 Å². The number of rotatable bonds is 8. The smallest absolute Gasteiger partial charge is 0.356 e. The molecule has 0 unspecified atom stereocenters. The van der Waals surface area contributed by atoms with Crippen molar-refractivity contribution < 1.29 is 19.1 Å². The fourth-order valence-electron chi connectivity index (χ4n) is 3.90. The van der Waals surface area contributed by atoms with E-state index in [0.29, 0.717) is 12.5 Å². The zero-order valence-corrected chi connectivity index (χ0v) is 17.5. The molecule has 7 heteroatoms. The highest BCUT2D eigenvalue weighted by Gasteiger charge is 2.23. The first-order valence-electron chi connectivity index (χ1n) is 10.6. The van der Waals surface area contributed by atoms with Crippen molar-refractivity contribution >= 4 is 17.0 Å². The van der Waals surface area contributed by atoms with Crippen molar-refractivity contribution in [1.82, 2.24) is 9.47 Å². The van der Waals surface area contributed by atoms with Crippen LogP contribution in [0.2, 0.25) is 0 Å². The van der Waals surface area contributed by atoms with Gasteiger partial charge >= 0.3 is 5.95 Å². The summed E-state index contributed by atoms with van der Waals surface area (Å²) in [5.74, 6) is 1.41. The minimum absolute atomic E-state index is 0.211. The average molecular weight is 412 g/mol. The molecule has 2 aromatic carbocycles. The highest BCUT2D eigenvalue weighted by atomic mass is 16.5. The van der Waals surface area contributed by atoms with Crippen molar-refractivity contribution in [1.29, 1.82) is 0 Å². The third-order valence-corrected chi connectivity index (χ3v) is 5.62. The van der Waals surface area contributed by atoms with Crippen LogP contribution in [-0.4, -0.2) is 60.1 Å². The van der Waals surface area contributed by atoms with E-state index in [-0.39, 0.29) is 6.61 Å². The Kier molecular flexibility index (Phi) is 6.52. The summed E-state index contributed by atoms with van der Waals surface area (Å²) in [7, 11) is 0. The quantitative estimate of drug-likeness (QED) is 0.551. The lowest BCUT2D eigenvalue weighted by Crippen LogP contribution is -2.44. The molecule has 1 aliphatic heterocycles. The number of anilines is 1. The molecule has 0 aliphatic carbocycles. The van der Waals surface area contributed by atoms with Gasteiger partial charge in [0.05, 0.1) is 19.8 Å². The molecule has 1 aliphatic rings. The molecule has 4 rings (SSSR count). The average Bonchev–Trinajstić information content (AvgIpc) is 3.03. The molecule has 0 saturated carbocycles. The van der Waals surface area contributed by atoms with Gasteiger partial charge in [-0.3, -0.25) is 10.6 Å². The number of nitrogens with zero attached hydrogens (tertiary/aromatic N) is 3. The molecule has 0 amide bonds. The SMILES string of the molecule is Cc1ccc(OC[C@@H](O)C[n+]2c(N)n(CCN3CCOCC3)c3ccccc32)cc1. The number of aliphatic hydroxyl groups is 1. The maximum Gasteiger partial charge on any atom is 0.356 e. The van der Waals surface area contributed by atoms with E-state index in [9.17, 15) is 5.11 Å². The fraction of sp³-hybridized carbons (Fsp3) is 0.435. The van der Waals surface area contributed by atoms with Gasteiger partial charge in [0.1, 0.15) is 36.0 Å². The van der Waals surface area contributed by atoms with E-state index >= 15 is 0 Å². The van der Waals surface area contributed by atoms with Gasteiger partial charge in [0.2, 0.25) is 0 Å². The molecular weight excluding hydrogens is 380 g/mol. The van der Waals surface area contributed by atoms with Gasteiger partial charge in [0, 0.05) is 19.6 Å². The number of aromatic nitrogens is 2. The molecule has 7 nitrogen and oxygen atoms in total. The Hall–Kier alpha value is -2.61. The molecule has 1 saturated heterocycles. The van der Waals surface area contributed by atoms with E-state index in [4.69, 9.17) is 15.2 Å². The van der Waals surface area contributed by atoms with E-state index in [0.717, 1.165) is 56.2 Å². The van der Waals surface area contributed by atoms with Crippen LogP contribution in [0, 0.1) is 6.92 Å². The number of nitrogens with two attached hydrogens (primary N) is 1. The summed E-state index contributed by atoms with van der Waals surface area (Å²) in [4.78, 5) is 2.40. The number of ether oxygens (including phenoxy) is 2.